The molecule has 1 unspecified atom stereocenters. The first kappa shape index (κ1) is 12.0. The van der Waals surface area contributed by atoms with E-state index >= 15 is 0 Å². The van der Waals surface area contributed by atoms with Gasteiger partial charge in [0.15, 0.2) is 0 Å². The molecule has 4 heteroatoms. The topological polar surface area (TPSA) is 26.0 Å². The van der Waals surface area contributed by atoms with Crippen molar-refractivity contribution in [3.63, 3.8) is 0 Å². The van der Waals surface area contributed by atoms with Gasteiger partial charge in [0.2, 0.25) is 0 Å². The first-order chi connectivity index (χ1) is 7.55. The molecule has 0 saturated heterocycles. The van der Waals surface area contributed by atoms with Gasteiger partial charge >= 0.3 is 0 Å². The van der Waals surface area contributed by atoms with E-state index in [-0.39, 0.29) is 24.7 Å². The minimum atomic E-state index is -1.33. The summed E-state index contributed by atoms with van der Waals surface area (Å²) in [6.45, 7) is 0.0292. The van der Waals surface area contributed by atoms with Crippen LogP contribution < -0.4 is 5.73 Å². The Hall–Kier alpha value is -0.480. The number of hydrogen-bond acceptors (Lipinski definition) is 1. The normalized spacial score (nSPS) is 19.5. The largest absolute Gasteiger partial charge is 0.328 e. The van der Waals surface area contributed by atoms with Crippen LogP contribution in [0.15, 0.2) is 22.7 Å². The highest BCUT2D eigenvalue weighted by Gasteiger charge is 2.44. The molecule has 0 bridgehead atoms. The fourth-order valence-corrected chi connectivity index (χ4v) is 2.46. The monoisotopic (exact) mass is 289 g/mol. The van der Waals surface area contributed by atoms with Crippen LogP contribution in [0.5, 0.6) is 0 Å². The number of hydrogen-bond donors (Lipinski definition) is 1. The van der Waals surface area contributed by atoms with Crippen LogP contribution in [0, 0.1) is 11.7 Å². The SMILES string of the molecule is NCC(F)(Cc1ccc(F)cc1Br)C1CC1. The standard InChI is InChI=1S/C12H14BrF2N/c13-11-5-10(14)4-1-8(11)6-12(15,7-16)9-2-3-9/h1,4-5,9H,2-3,6-7,16H2. The Balaban J connectivity index is 2.18. The van der Waals surface area contributed by atoms with Crippen molar-refractivity contribution in [2.75, 3.05) is 6.54 Å². The Morgan fingerprint density at radius 3 is 2.62 bits per heavy atom. The summed E-state index contributed by atoms with van der Waals surface area (Å²) < 4.78 is 27.9. The van der Waals surface area contributed by atoms with Crippen molar-refractivity contribution in [1.29, 1.82) is 0 Å². The van der Waals surface area contributed by atoms with Crippen LogP contribution in [0.4, 0.5) is 8.78 Å². The van der Waals surface area contributed by atoms with Crippen LogP contribution in [0.1, 0.15) is 18.4 Å². The fraction of sp³-hybridized carbons (Fsp3) is 0.500. The Kier molecular flexibility index (Phi) is 3.31. The van der Waals surface area contributed by atoms with Gasteiger partial charge in [-0.2, -0.15) is 0 Å². The lowest BCUT2D eigenvalue weighted by molar-refractivity contribution is 0.142. The zero-order valence-corrected chi connectivity index (χ0v) is 10.4. The summed E-state index contributed by atoms with van der Waals surface area (Å²) in [5.74, 6) is -0.242. The summed E-state index contributed by atoms with van der Waals surface area (Å²) in [6.07, 6.45) is 2.08. The molecule has 1 nitrogen and oxygen atoms in total. The quantitative estimate of drug-likeness (QED) is 0.905. The average molecular weight is 290 g/mol. The lowest BCUT2D eigenvalue weighted by Crippen LogP contribution is -2.37. The highest BCUT2D eigenvalue weighted by molar-refractivity contribution is 9.10. The van der Waals surface area contributed by atoms with Gasteiger partial charge in [-0.25, -0.2) is 8.78 Å². The van der Waals surface area contributed by atoms with E-state index in [9.17, 15) is 8.78 Å². The predicted molar refractivity (Wildman–Crippen MR) is 63.4 cm³/mol. The van der Waals surface area contributed by atoms with Crippen LogP contribution in [-0.2, 0) is 6.42 Å². The lowest BCUT2D eigenvalue weighted by atomic mass is 9.91. The molecule has 1 aromatic carbocycles. The number of alkyl halides is 1. The molecule has 0 radical (unpaired) electrons. The number of halogens is 3. The van der Waals surface area contributed by atoms with E-state index in [0.29, 0.717) is 4.47 Å². The lowest BCUT2D eigenvalue weighted by Gasteiger charge is -2.24. The molecule has 1 aliphatic rings. The molecule has 0 heterocycles. The Labute approximate surface area is 102 Å². The molecule has 16 heavy (non-hydrogen) atoms. The summed E-state index contributed by atoms with van der Waals surface area (Å²) in [7, 11) is 0. The third-order valence-corrected chi connectivity index (χ3v) is 3.89. The van der Waals surface area contributed by atoms with Gasteiger partial charge in [-0.05, 0) is 36.5 Å². The average Bonchev–Trinajstić information content (AvgIpc) is 3.06. The second-order valence-electron chi connectivity index (χ2n) is 4.43. The van der Waals surface area contributed by atoms with Gasteiger partial charge in [0.1, 0.15) is 11.5 Å². The van der Waals surface area contributed by atoms with Crippen molar-refractivity contribution >= 4 is 15.9 Å². The maximum absolute atomic E-state index is 14.4. The molecule has 0 spiro atoms. The molecule has 1 saturated carbocycles. The second-order valence-corrected chi connectivity index (χ2v) is 5.28. The maximum Gasteiger partial charge on any atom is 0.130 e. The van der Waals surface area contributed by atoms with E-state index in [1.807, 2.05) is 0 Å². The van der Waals surface area contributed by atoms with E-state index < -0.39 is 5.67 Å². The van der Waals surface area contributed by atoms with Gasteiger partial charge < -0.3 is 5.73 Å². The first-order valence-corrected chi connectivity index (χ1v) is 6.17. The third-order valence-electron chi connectivity index (χ3n) is 3.15. The molecule has 2 N–H and O–H groups in total. The summed E-state index contributed by atoms with van der Waals surface area (Å²) in [6, 6.07) is 4.33. The smallest absolute Gasteiger partial charge is 0.130 e. The Morgan fingerprint density at radius 2 is 2.12 bits per heavy atom. The molecule has 1 atom stereocenters. The van der Waals surface area contributed by atoms with E-state index in [4.69, 9.17) is 5.73 Å². The number of benzene rings is 1. The molecule has 0 amide bonds. The molecule has 0 aliphatic heterocycles. The predicted octanol–water partition coefficient (Wildman–Crippen LogP) is 3.21. The van der Waals surface area contributed by atoms with E-state index in [2.05, 4.69) is 15.9 Å². The van der Waals surface area contributed by atoms with Crippen molar-refractivity contribution < 1.29 is 8.78 Å². The van der Waals surface area contributed by atoms with Crippen molar-refractivity contribution in [1.82, 2.24) is 0 Å². The van der Waals surface area contributed by atoms with Gasteiger partial charge in [0.05, 0.1) is 0 Å². The van der Waals surface area contributed by atoms with E-state index in [0.717, 1.165) is 18.4 Å². The molecule has 0 aromatic heterocycles. The summed E-state index contributed by atoms with van der Waals surface area (Å²) in [5.41, 5.74) is 4.96. The van der Waals surface area contributed by atoms with Crippen LogP contribution in [0.2, 0.25) is 0 Å². The molecular weight excluding hydrogens is 276 g/mol. The maximum atomic E-state index is 14.4. The van der Waals surface area contributed by atoms with E-state index in [1.54, 1.807) is 6.07 Å². The summed E-state index contributed by atoms with van der Waals surface area (Å²) >= 11 is 3.25. The van der Waals surface area contributed by atoms with Crippen molar-refractivity contribution in [3.05, 3.63) is 34.1 Å². The number of rotatable bonds is 4. The highest BCUT2D eigenvalue weighted by Crippen LogP contribution is 2.44. The highest BCUT2D eigenvalue weighted by atomic mass is 79.9. The number of nitrogens with two attached hydrogens (primary N) is 1. The van der Waals surface area contributed by atoms with Crippen LogP contribution >= 0.6 is 15.9 Å². The summed E-state index contributed by atoms with van der Waals surface area (Å²) in [4.78, 5) is 0. The second kappa shape index (κ2) is 4.41. The van der Waals surface area contributed by atoms with Crippen molar-refractivity contribution in [3.8, 4) is 0 Å². The minimum Gasteiger partial charge on any atom is -0.328 e. The van der Waals surface area contributed by atoms with Gasteiger partial charge in [-0.15, -0.1) is 0 Å². The van der Waals surface area contributed by atoms with Gasteiger partial charge in [0, 0.05) is 17.4 Å². The third kappa shape index (κ3) is 2.43. The molecule has 1 aromatic rings. The molecule has 1 fully saturated rings. The van der Waals surface area contributed by atoms with E-state index in [1.165, 1.54) is 12.1 Å². The first-order valence-electron chi connectivity index (χ1n) is 5.38. The van der Waals surface area contributed by atoms with Crippen LogP contribution in [0.25, 0.3) is 0 Å². The molecule has 88 valence electrons. The zero-order chi connectivity index (χ0) is 11.8. The minimum absolute atomic E-state index is 0.0292. The van der Waals surface area contributed by atoms with Crippen molar-refractivity contribution in [2.45, 2.75) is 24.9 Å². The Morgan fingerprint density at radius 1 is 1.44 bits per heavy atom. The van der Waals surface area contributed by atoms with Gasteiger partial charge in [-0.1, -0.05) is 22.0 Å². The molecular formula is C12H14BrF2N. The Bertz CT molecular complexity index is 393. The molecule has 1 aliphatic carbocycles. The summed E-state index contributed by atoms with van der Waals surface area (Å²) in [5, 5.41) is 0. The fourth-order valence-electron chi connectivity index (χ4n) is 1.97. The zero-order valence-electron chi connectivity index (χ0n) is 8.85. The van der Waals surface area contributed by atoms with Gasteiger partial charge in [-0.3, -0.25) is 0 Å². The van der Waals surface area contributed by atoms with Gasteiger partial charge in [0.25, 0.3) is 0 Å². The van der Waals surface area contributed by atoms with Crippen LogP contribution in [-0.4, -0.2) is 12.2 Å². The molecule has 2 rings (SSSR count). The van der Waals surface area contributed by atoms with Crippen LogP contribution in [0.3, 0.4) is 0 Å². The van der Waals surface area contributed by atoms with Crippen molar-refractivity contribution in [2.24, 2.45) is 11.7 Å².